The highest BCUT2D eigenvalue weighted by Gasteiger charge is 2.77. The maximum absolute atomic E-state index is 14.2. The van der Waals surface area contributed by atoms with Crippen molar-refractivity contribution < 1.29 is 24.2 Å². The number of rotatable bonds is 8. The number of likely N-dealkylation sites (tertiary alicyclic amines) is 1. The minimum atomic E-state index is -0.751. The van der Waals surface area contributed by atoms with E-state index < -0.39 is 39.0 Å². The molecule has 37 heavy (non-hydrogen) atoms. The van der Waals surface area contributed by atoms with Crippen LogP contribution < -0.4 is 15.4 Å². The first-order valence-corrected chi connectivity index (χ1v) is 14.1. The number of thioether (sulfide) groups is 1. The lowest BCUT2D eigenvalue weighted by molar-refractivity contribution is -0.143. The van der Waals surface area contributed by atoms with Crippen molar-refractivity contribution in [3.05, 3.63) is 24.3 Å². The summed E-state index contributed by atoms with van der Waals surface area (Å²) in [5.41, 5.74) is 0.154. The van der Waals surface area contributed by atoms with Crippen molar-refractivity contribution in [2.45, 2.75) is 88.4 Å². The highest BCUT2D eigenvalue weighted by molar-refractivity contribution is 8.02. The van der Waals surface area contributed by atoms with Gasteiger partial charge in [0.05, 0.1) is 35.8 Å². The molecule has 0 aromatic heterocycles. The Hall–Kier alpha value is -2.26. The van der Waals surface area contributed by atoms with Crippen molar-refractivity contribution in [2.24, 2.45) is 17.8 Å². The molecule has 9 heteroatoms. The molecule has 0 radical (unpaired) electrons. The van der Waals surface area contributed by atoms with Crippen LogP contribution in [0.3, 0.4) is 0 Å². The van der Waals surface area contributed by atoms with Gasteiger partial charge in [0.2, 0.25) is 17.7 Å². The molecule has 3 fully saturated rings. The van der Waals surface area contributed by atoms with Gasteiger partial charge < -0.3 is 25.4 Å². The van der Waals surface area contributed by atoms with E-state index in [2.05, 4.69) is 17.6 Å². The molecule has 4 rings (SSSR count). The van der Waals surface area contributed by atoms with Crippen LogP contribution in [0.1, 0.15) is 61.3 Å². The van der Waals surface area contributed by atoms with Crippen molar-refractivity contribution in [3.8, 4) is 5.75 Å². The lowest BCUT2D eigenvalue weighted by atomic mass is 9.66. The Bertz CT molecular complexity index is 1050. The summed E-state index contributed by atoms with van der Waals surface area (Å²) in [6.45, 7) is 13.9. The maximum Gasteiger partial charge on any atom is 0.244 e. The maximum atomic E-state index is 14.2. The van der Waals surface area contributed by atoms with E-state index in [1.807, 2.05) is 53.7 Å². The lowest BCUT2D eigenvalue weighted by Crippen LogP contribution is -2.60. The third-order valence-electron chi connectivity index (χ3n) is 7.99. The van der Waals surface area contributed by atoms with Gasteiger partial charge in [-0.25, -0.2) is 0 Å². The molecule has 6 atom stereocenters. The molecule has 204 valence electrons. The molecule has 1 aromatic carbocycles. The van der Waals surface area contributed by atoms with Crippen LogP contribution in [0.15, 0.2) is 24.3 Å². The van der Waals surface area contributed by atoms with E-state index >= 15 is 0 Å². The number of anilines is 1. The average Bonchev–Trinajstić information content (AvgIpc) is 3.35. The quantitative estimate of drug-likeness (QED) is 0.474. The third-order valence-corrected chi connectivity index (χ3v) is 9.98. The van der Waals surface area contributed by atoms with Crippen molar-refractivity contribution in [1.82, 2.24) is 10.2 Å². The molecule has 3 heterocycles. The summed E-state index contributed by atoms with van der Waals surface area (Å²) in [4.78, 5) is 43.5. The molecule has 0 saturated carbocycles. The Morgan fingerprint density at radius 2 is 1.84 bits per heavy atom. The van der Waals surface area contributed by atoms with Crippen LogP contribution in [-0.4, -0.2) is 68.1 Å². The molecule has 3 N–H and O–H groups in total. The Morgan fingerprint density at radius 1 is 1.19 bits per heavy atom. The summed E-state index contributed by atoms with van der Waals surface area (Å²) in [6.07, 6.45) is 1.41. The number of carbonyl (C=O) groups excluding carboxylic acids is 3. The number of amides is 3. The zero-order chi connectivity index (χ0) is 27.3. The Morgan fingerprint density at radius 3 is 2.38 bits per heavy atom. The van der Waals surface area contributed by atoms with E-state index in [1.54, 1.807) is 28.8 Å². The molecular weight excluding hydrogens is 490 g/mol. The first-order valence-electron chi connectivity index (χ1n) is 13.3. The second-order valence-electron chi connectivity index (χ2n) is 12.2. The molecular formula is C28H41N3O5S. The average molecular weight is 532 g/mol. The van der Waals surface area contributed by atoms with Gasteiger partial charge in [0.25, 0.3) is 0 Å². The minimum absolute atomic E-state index is 0.0527. The van der Waals surface area contributed by atoms with E-state index in [0.717, 1.165) is 12.2 Å². The second kappa shape index (κ2) is 9.80. The number of hydrogen-bond acceptors (Lipinski definition) is 6. The van der Waals surface area contributed by atoms with Gasteiger partial charge in [-0.2, -0.15) is 0 Å². The summed E-state index contributed by atoms with van der Waals surface area (Å²) in [7, 11) is 0. The SMILES string of the molecule is CCOc1ccc(NC(=O)[C@@H]2[C@H]3C(=O)N([C@@H](CO)C(C)C)C(C(=O)NC(C)(C)C)C34CC[C@@]2(C)S4)cc1. The standard InChI is InChI=1S/C28H41N3O5S/c1-8-36-18-11-9-17(10-12-18)29-23(33)20-21-25(35)31(19(15-32)16(2)3)22(24(34)30-26(4,5)6)28(21)14-13-27(20,7)37-28/h9-12,16,19-22,32H,8,13-15H2,1-7H3,(H,29,33)(H,30,34)/t19-,20-,21-,22?,27+,28?/m0/s1. The Kier molecular flexibility index (Phi) is 7.36. The second-order valence-corrected chi connectivity index (χ2v) is 14.0. The molecule has 3 saturated heterocycles. The number of carbonyl (C=O) groups is 3. The molecule has 3 aliphatic heterocycles. The smallest absolute Gasteiger partial charge is 0.244 e. The van der Waals surface area contributed by atoms with Crippen LogP contribution in [0.4, 0.5) is 5.69 Å². The number of nitrogens with zero attached hydrogens (tertiary/aromatic N) is 1. The van der Waals surface area contributed by atoms with Crippen LogP contribution in [0.2, 0.25) is 0 Å². The fourth-order valence-electron chi connectivity index (χ4n) is 6.50. The predicted octanol–water partition coefficient (Wildman–Crippen LogP) is 3.44. The fourth-order valence-corrected chi connectivity index (χ4v) is 8.84. The molecule has 0 aliphatic carbocycles. The zero-order valence-corrected chi connectivity index (χ0v) is 23.8. The number of ether oxygens (including phenoxy) is 1. The monoisotopic (exact) mass is 531 g/mol. The first-order chi connectivity index (χ1) is 17.3. The van der Waals surface area contributed by atoms with Crippen molar-refractivity contribution in [3.63, 3.8) is 0 Å². The normalized spacial score (nSPS) is 31.4. The number of aliphatic hydroxyl groups excluding tert-OH is 1. The largest absolute Gasteiger partial charge is 0.494 e. The van der Waals surface area contributed by atoms with Crippen LogP contribution in [0.5, 0.6) is 5.75 Å². The van der Waals surface area contributed by atoms with E-state index in [9.17, 15) is 19.5 Å². The number of benzene rings is 1. The van der Waals surface area contributed by atoms with Crippen molar-refractivity contribution >= 4 is 35.2 Å². The topological polar surface area (TPSA) is 108 Å². The summed E-state index contributed by atoms with van der Waals surface area (Å²) in [6, 6.07) is 5.95. The number of hydrogen-bond donors (Lipinski definition) is 3. The van der Waals surface area contributed by atoms with Crippen LogP contribution in [0, 0.1) is 17.8 Å². The van der Waals surface area contributed by atoms with Gasteiger partial charge in [-0.15, -0.1) is 11.8 Å². The summed E-state index contributed by atoms with van der Waals surface area (Å²) >= 11 is 1.63. The number of fused-ring (bicyclic) bond motifs is 1. The van der Waals surface area contributed by atoms with Gasteiger partial charge in [-0.05, 0) is 77.6 Å². The van der Waals surface area contributed by atoms with E-state index in [4.69, 9.17) is 4.74 Å². The molecule has 8 nitrogen and oxygen atoms in total. The number of aliphatic hydroxyl groups is 1. The van der Waals surface area contributed by atoms with Crippen LogP contribution in [-0.2, 0) is 14.4 Å². The van der Waals surface area contributed by atoms with Gasteiger partial charge in [0.1, 0.15) is 11.8 Å². The fraction of sp³-hybridized carbons (Fsp3) is 0.679. The van der Waals surface area contributed by atoms with Crippen molar-refractivity contribution in [1.29, 1.82) is 0 Å². The lowest BCUT2D eigenvalue weighted by Gasteiger charge is -2.39. The van der Waals surface area contributed by atoms with Crippen LogP contribution >= 0.6 is 11.8 Å². The van der Waals surface area contributed by atoms with E-state index in [1.165, 1.54) is 0 Å². The minimum Gasteiger partial charge on any atom is -0.494 e. The summed E-state index contributed by atoms with van der Waals surface area (Å²) in [5, 5.41) is 16.4. The van der Waals surface area contributed by atoms with Gasteiger partial charge >= 0.3 is 0 Å². The number of nitrogens with one attached hydrogen (secondary N) is 2. The predicted molar refractivity (Wildman–Crippen MR) is 145 cm³/mol. The van der Waals surface area contributed by atoms with Gasteiger partial charge in [-0.3, -0.25) is 14.4 Å². The molecule has 2 unspecified atom stereocenters. The molecule has 2 bridgehead atoms. The third kappa shape index (κ3) is 4.73. The summed E-state index contributed by atoms with van der Waals surface area (Å²) in [5.74, 6) is -1.19. The Balaban J connectivity index is 1.71. The summed E-state index contributed by atoms with van der Waals surface area (Å²) < 4.78 is 4.32. The highest BCUT2D eigenvalue weighted by atomic mass is 32.2. The first kappa shape index (κ1) is 27.8. The molecule has 3 aliphatic rings. The zero-order valence-electron chi connectivity index (χ0n) is 23.0. The van der Waals surface area contributed by atoms with Gasteiger partial charge in [0.15, 0.2) is 0 Å². The van der Waals surface area contributed by atoms with E-state index in [-0.39, 0.29) is 30.2 Å². The molecule has 3 amide bonds. The highest BCUT2D eigenvalue weighted by Crippen LogP contribution is 2.71. The Labute approximate surface area is 224 Å². The van der Waals surface area contributed by atoms with Crippen LogP contribution in [0.25, 0.3) is 0 Å². The van der Waals surface area contributed by atoms with Crippen molar-refractivity contribution in [2.75, 3.05) is 18.5 Å². The van der Waals surface area contributed by atoms with Gasteiger partial charge in [0, 0.05) is 16.0 Å². The van der Waals surface area contributed by atoms with Gasteiger partial charge in [-0.1, -0.05) is 13.8 Å². The van der Waals surface area contributed by atoms with E-state index in [0.29, 0.717) is 18.7 Å². The molecule has 1 spiro atoms. The molecule has 1 aromatic rings.